The third kappa shape index (κ3) is 2.94. The lowest BCUT2D eigenvalue weighted by atomic mass is 9.84. The van der Waals surface area contributed by atoms with E-state index in [1.165, 1.54) is 6.20 Å². The Labute approximate surface area is 119 Å². The second-order valence-electron chi connectivity index (χ2n) is 4.80. The maximum Gasteiger partial charge on any atom is 0.280 e. The predicted molar refractivity (Wildman–Crippen MR) is 71.4 cm³/mol. The van der Waals surface area contributed by atoms with Gasteiger partial charge in [0, 0.05) is 24.2 Å². The second kappa shape index (κ2) is 6.22. The van der Waals surface area contributed by atoms with Crippen molar-refractivity contribution < 1.29 is 13.5 Å². The van der Waals surface area contributed by atoms with E-state index < -0.39 is 12.0 Å². The number of rotatable bonds is 4. The molecule has 0 atom stereocenters. The van der Waals surface area contributed by atoms with Crippen molar-refractivity contribution in [2.45, 2.75) is 49.5 Å². The number of aromatic nitrogens is 2. The number of hydrogen-bond acceptors (Lipinski definition) is 3. The number of hydrogen-bond donors (Lipinski definition) is 0. The molecule has 0 N–H and O–H groups in total. The van der Waals surface area contributed by atoms with Crippen LogP contribution in [0.1, 0.15) is 55.6 Å². The summed E-state index contributed by atoms with van der Waals surface area (Å²) in [7, 11) is 1.61. The maximum atomic E-state index is 13.0. The minimum atomic E-state index is -2.59. The summed E-state index contributed by atoms with van der Waals surface area (Å²) in [5.41, 5.74) is -0.350. The van der Waals surface area contributed by atoms with E-state index in [1.54, 1.807) is 7.11 Å². The summed E-state index contributed by atoms with van der Waals surface area (Å²) in [6.45, 7) is 0. The molecule has 0 unspecified atom stereocenters. The second-order valence-corrected chi connectivity index (χ2v) is 5.36. The van der Waals surface area contributed by atoms with Crippen LogP contribution in [0.3, 0.4) is 0 Å². The summed E-state index contributed by atoms with van der Waals surface area (Å²) < 4.78 is 31.7. The van der Waals surface area contributed by atoms with Gasteiger partial charge in [0.05, 0.1) is 0 Å². The van der Waals surface area contributed by atoms with Crippen LogP contribution in [0.2, 0.25) is 0 Å². The average molecular weight is 335 g/mol. The molecule has 1 aromatic rings. The third-order valence-electron chi connectivity index (χ3n) is 3.71. The molecule has 0 aromatic carbocycles. The SMILES string of the molecule is COC1(c2ncc(CBr)c(C(F)F)n2)CCCCC1. The minimum absolute atomic E-state index is 0.191. The standard InChI is InChI=1S/C13H17BrF2N2O/c1-19-13(5-3-2-4-6-13)12-17-8-9(7-14)10(18-12)11(15)16/h8,11H,2-7H2,1H3. The van der Waals surface area contributed by atoms with E-state index in [0.717, 1.165) is 32.1 Å². The zero-order chi connectivity index (χ0) is 13.9. The van der Waals surface area contributed by atoms with Crippen LogP contribution in [0.4, 0.5) is 8.78 Å². The number of alkyl halides is 3. The Morgan fingerprint density at radius 1 is 1.37 bits per heavy atom. The fraction of sp³-hybridized carbons (Fsp3) is 0.692. The van der Waals surface area contributed by atoms with Crippen LogP contribution in [-0.2, 0) is 15.7 Å². The molecule has 1 aromatic heterocycles. The van der Waals surface area contributed by atoms with Crippen molar-refractivity contribution in [3.05, 3.63) is 23.3 Å². The van der Waals surface area contributed by atoms with Crippen LogP contribution in [0.15, 0.2) is 6.20 Å². The van der Waals surface area contributed by atoms with Gasteiger partial charge < -0.3 is 4.74 Å². The fourth-order valence-corrected chi connectivity index (χ4v) is 3.01. The summed E-state index contributed by atoms with van der Waals surface area (Å²) in [4.78, 5) is 8.35. The van der Waals surface area contributed by atoms with Gasteiger partial charge in [0.15, 0.2) is 5.82 Å². The monoisotopic (exact) mass is 334 g/mol. The fourth-order valence-electron chi connectivity index (χ4n) is 2.57. The molecule has 0 radical (unpaired) electrons. The van der Waals surface area contributed by atoms with Gasteiger partial charge in [0.2, 0.25) is 0 Å². The Balaban J connectivity index is 2.40. The number of halogens is 3. The van der Waals surface area contributed by atoms with Gasteiger partial charge in [-0.05, 0) is 12.8 Å². The van der Waals surface area contributed by atoms with Crippen molar-refractivity contribution in [2.75, 3.05) is 7.11 Å². The van der Waals surface area contributed by atoms with E-state index in [2.05, 4.69) is 25.9 Å². The lowest BCUT2D eigenvalue weighted by Gasteiger charge is -2.34. The van der Waals surface area contributed by atoms with Gasteiger partial charge in [-0.15, -0.1) is 0 Å². The van der Waals surface area contributed by atoms with Gasteiger partial charge in [-0.1, -0.05) is 35.2 Å². The molecule has 6 heteroatoms. The molecule has 0 amide bonds. The van der Waals surface area contributed by atoms with E-state index in [9.17, 15) is 8.78 Å². The molecule has 1 heterocycles. The van der Waals surface area contributed by atoms with Gasteiger partial charge in [-0.2, -0.15) is 0 Å². The van der Waals surface area contributed by atoms with Crippen molar-refractivity contribution in [3.8, 4) is 0 Å². The summed E-state index contributed by atoms with van der Waals surface area (Å²) in [5, 5.41) is 0.326. The van der Waals surface area contributed by atoms with Gasteiger partial charge in [0.1, 0.15) is 11.3 Å². The Morgan fingerprint density at radius 3 is 2.58 bits per heavy atom. The third-order valence-corrected chi connectivity index (χ3v) is 4.31. The smallest absolute Gasteiger partial charge is 0.280 e. The molecule has 0 spiro atoms. The molecule has 2 rings (SSSR count). The topological polar surface area (TPSA) is 35.0 Å². The molecular weight excluding hydrogens is 318 g/mol. The van der Waals surface area contributed by atoms with Gasteiger partial charge in [-0.25, -0.2) is 18.7 Å². The van der Waals surface area contributed by atoms with Crippen LogP contribution in [-0.4, -0.2) is 17.1 Å². The highest BCUT2D eigenvalue weighted by Gasteiger charge is 2.37. The normalized spacial score (nSPS) is 18.8. The van der Waals surface area contributed by atoms with Gasteiger partial charge >= 0.3 is 0 Å². The van der Waals surface area contributed by atoms with Crippen molar-refractivity contribution >= 4 is 15.9 Å². The Bertz CT molecular complexity index is 437. The molecule has 1 saturated carbocycles. The predicted octanol–water partition coefficient (Wildman–Crippen LogP) is 4.11. The van der Waals surface area contributed by atoms with E-state index >= 15 is 0 Å². The first-order valence-corrected chi connectivity index (χ1v) is 7.50. The van der Waals surface area contributed by atoms with Crippen LogP contribution >= 0.6 is 15.9 Å². The first-order valence-electron chi connectivity index (χ1n) is 6.38. The molecule has 1 aliphatic carbocycles. The number of methoxy groups -OCH3 is 1. The van der Waals surface area contributed by atoms with Crippen molar-refractivity contribution in [2.24, 2.45) is 0 Å². The summed E-state index contributed by atoms with van der Waals surface area (Å²) in [5.74, 6) is 0.398. The molecule has 1 aliphatic rings. The lowest BCUT2D eigenvalue weighted by Crippen LogP contribution is -2.33. The van der Waals surface area contributed by atoms with Crippen molar-refractivity contribution in [1.82, 2.24) is 9.97 Å². The molecule has 0 saturated heterocycles. The maximum absolute atomic E-state index is 13.0. The van der Waals surface area contributed by atoms with Crippen LogP contribution in [0.25, 0.3) is 0 Å². The Morgan fingerprint density at radius 2 is 2.05 bits per heavy atom. The van der Waals surface area contributed by atoms with Crippen LogP contribution in [0, 0.1) is 0 Å². The summed E-state index contributed by atoms with van der Waals surface area (Å²) in [6.07, 6.45) is 3.65. The summed E-state index contributed by atoms with van der Waals surface area (Å²) in [6, 6.07) is 0. The highest BCUT2D eigenvalue weighted by atomic mass is 79.9. The number of nitrogens with zero attached hydrogens (tertiary/aromatic N) is 2. The van der Waals surface area contributed by atoms with Crippen LogP contribution in [0.5, 0.6) is 0 Å². The van der Waals surface area contributed by atoms with E-state index in [4.69, 9.17) is 4.74 Å². The van der Waals surface area contributed by atoms with Gasteiger partial charge in [-0.3, -0.25) is 0 Å². The molecule has 106 valence electrons. The first kappa shape index (κ1) is 14.8. The lowest BCUT2D eigenvalue weighted by molar-refractivity contribution is -0.0520. The molecule has 3 nitrogen and oxygen atoms in total. The molecule has 0 aliphatic heterocycles. The highest BCUT2D eigenvalue weighted by Crippen LogP contribution is 2.39. The Hall–Kier alpha value is -0.620. The zero-order valence-electron chi connectivity index (χ0n) is 10.8. The first-order chi connectivity index (χ1) is 9.13. The summed E-state index contributed by atoms with van der Waals surface area (Å²) >= 11 is 3.18. The Kier molecular flexibility index (Phi) is 4.84. The van der Waals surface area contributed by atoms with Crippen molar-refractivity contribution in [3.63, 3.8) is 0 Å². The average Bonchev–Trinajstić information content (AvgIpc) is 2.47. The molecule has 19 heavy (non-hydrogen) atoms. The van der Waals surface area contributed by atoms with Crippen LogP contribution < -0.4 is 0 Å². The van der Waals surface area contributed by atoms with E-state index in [-0.39, 0.29) is 5.69 Å². The van der Waals surface area contributed by atoms with E-state index in [0.29, 0.717) is 16.7 Å². The number of ether oxygens (including phenoxy) is 1. The van der Waals surface area contributed by atoms with Crippen molar-refractivity contribution in [1.29, 1.82) is 0 Å². The van der Waals surface area contributed by atoms with E-state index in [1.807, 2.05) is 0 Å². The quantitative estimate of drug-likeness (QED) is 0.777. The molecule has 1 fully saturated rings. The largest absolute Gasteiger partial charge is 0.370 e. The van der Waals surface area contributed by atoms with Gasteiger partial charge in [0.25, 0.3) is 6.43 Å². The molecular formula is C13H17BrF2N2O. The minimum Gasteiger partial charge on any atom is -0.370 e. The molecule has 0 bridgehead atoms. The highest BCUT2D eigenvalue weighted by molar-refractivity contribution is 9.08. The zero-order valence-corrected chi connectivity index (χ0v) is 12.4.